The van der Waals surface area contributed by atoms with E-state index in [1.54, 1.807) is 0 Å². The SMILES string of the molecule is CCCNCCCC(C)N1CCCCC1CCC. The van der Waals surface area contributed by atoms with Crippen molar-refractivity contribution >= 4 is 0 Å². The van der Waals surface area contributed by atoms with Crippen molar-refractivity contribution in [2.24, 2.45) is 0 Å². The summed E-state index contributed by atoms with van der Waals surface area (Å²) in [6.45, 7) is 10.7. The predicted octanol–water partition coefficient (Wildman–Crippen LogP) is 3.81. The lowest BCUT2D eigenvalue weighted by Crippen LogP contribution is -2.45. The Hall–Kier alpha value is -0.0800. The second-order valence-electron chi connectivity index (χ2n) is 5.92. The Morgan fingerprint density at radius 3 is 2.72 bits per heavy atom. The quantitative estimate of drug-likeness (QED) is 0.629. The molecule has 0 aromatic heterocycles. The third-order valence-electron chi connectivity index (χ3n) is 4.26. The van der Waals surface area contributed by atoms with E-state index < -0.39 is 0 Å². The molecule has 0 bridgehead atoms. The second kappa shape index (κ2) is 9.80. The van der Waals surface area contributed by atoms with E-state index in [0.717, 1.165) is 12.1 Å². The van der Waals surface area contributed by atoms with Crippen LogP contribution in [0.4, 0.5) is 0 Å². The fourth-order valence-corrected chi connectivity index (χ4v) is 3.24. The molecule has 1 fully saturated rings. The van der Waals surface area contributed by atoms with Crippen LogP contribution in [0.2, 0.25) is 0 Å². The molecule has 2 unspecified atom stereocenters. The highest BCUT2D eigenvalue weighted by Gasteiger charge is 2.25. The molecule has 1 heterocycles. The lowest BCUT2D eigenvalue weighted by molar-refractivity contribution is 0.0908. The standard InChI is InChI=1S/C16H34N2/c1-4-9-16-11-6-7-14-18(16)15(3)10-8-13-17-12-5-2/h15-17H,4-14H2,1-3H3. The molecule has 0 aliphatic carbocycles. The number of piperidine rings is 1. The molecule has 0 amide bonds. The van der Waals surface area contributed by atoms with Crippen LogP contribution in [-0.2, 0) is 0 Å². The second-order valence-corrected chi connectivity index (χ2v) is 5.92. The van der Waals surface area contributed by atoms with Gasteiger partial charge in [0.15, 0.2) is 0 Å². The Balaban J connectivity index is 2.22. The van der Waals surface area contributed by atoms with E-state index in [0.29, 0.717) is 0 Å². The van der Waals surface area contributed by atoms with Crippen molar-refractivity contribution < 1.29 is 0 Å². The van der Waals surface area contributed by atoms with Crippen LogP contribution in [-0.4, -0.2) is 36.6 Å². The third-order valence-corrected chi connectivity index (χ3v) is 4.26. The van der Waals surface area contributed by atoms with E-state index in [2.05, 4.69) is 31.0 Å². The minimum atomic E-state index is 0.783. The number of nitrogens with zero attached hydrogens (tertiary/aromatic N) is 1. The fourth-order valence-electron chi connectivity index (χ4n) is 3.24. The van der Waals surface area contributed by atoms with Crippen LogP contribution in [0, 0.1) is 0 Å². The van der Waals surface area contributed by atoms with Gasteiger partial charge in [-0.05, 0) is 65.1 Å². The normalized spacial score (nSPS) is 23.2. The van der Waals surface area contributed by atoms with E-state index in [4.69, 9.17) is 0 Å². The van der Waals surface area contributed by atoms with Gasteiger partial charge in [-0.15, -0.1) is 0 Å². The third kappa shape index (κ3) is 5.71. The van der Waals surface area contributed by atoms with Crippen molar-refractivity contribution in [3.05, 3.63) is 0 Å². The van der Waals surface area contributed by atoms with Gasteiger partial charge in [0, 0.05) is 12.1 Å². The molecule has 2 atom stereocenters. The van der Waals surface area contributed by atoms with E-state index in [1.807, 2.05) is 0 Å². The van der Waals surface area contributed by atoms with E-state index in [9.17, 15) is 0 Å². The average Bonchev–Trinajstić information content (AvgIpc) is 2.39. The van der Waals surface area contributed by atoms with Crippen LogP contribution >= 0.6 is 0 Å². The van der Waals surface area contributed by atoms with Gasteiger partial charge < -0.3 is 5.32 Å². The van der Waals surface area contributed by atoms with E-state index in [-0.39, 0.29) is 0 Å². The van der Waals surface area contributed by atoms with Gasteiger partial charge in [-0.1, -0.05) is 26.7 Å². The maximum Gasteiger partial charge on any atom is 0.00979 e. The average molecular weight is 254 g/mol. The summed E-state index contributed by atoms with van der Waals surface area (Å²) in [5, 5.41) is 3.51. The van der Waals surface area contributed by atoms with Crippen LogP contribution in [0.25, 0.3) is 0 Å². The number of hydrogen-bond donors (Lipinski definition) is 1. The lowest BCUT2D eigenvalue weighted by Gasteiger charge is -2.40. The van der Waals surface area contributed by atoms with Gasteiger partial charge >= 0.3 is 0 Å². The van der Waals surface area contributed by atoms with Crippen LogP contribution in [0.5, 0.6) is 0 Å². The van der Waals surface area contributed by atoms with E-state index in [1.165, 1.54) is 71.0 Å². The number of hydrogen-bond acceptors (Lipinski definition) is 2. The zero-order valence-corrected chi connectivity index (χ0v) is 12.9. The molecule has 1 aliphatic heterocycles. The summed E-state index contributed by atoms with van der Waals surface area (Å²) >= 11 is 0. The van der Waals surface area contributed by atoms with Gasteiger partial charge in [0.25, 0.3) is 0 Å². The lowest BCUT2D eigenvalue weighted by atomic mass is 9.95. The van der Waals surface area contributed by atoms with Gasteiger partial charge in [0.2, 0.25) is 0 Å². The van der Waals surface area contributed by atoms with Crippen molar-refractivity contribution in [2.75, 3.05) is 19.6 Å². The Morgan fingerprint density at radius 1 is 1.17 bits per heavy atom. The monoisotopic (exact) mass is 254 g/mol. The van der Waals surface area contributed by atoms with Gasteiger partial charge in [-0.3, -0.25) is 4.90 Å². The first-order valence-electron chi connectivity index (χ1n) is 8.26. The first-order chi connectivity index (χ1) is 8.79. The molecule has 0 saturated carbocycles. The molecule has 0 spiro atoms. The first kappa shape index (κ1) is 16.0. The van der Waals surface area contributed by atoms with E-state index >= 15 is 0 Å². The Kier molecular flexibility index (Phi) is 8.70. The Morgan fingerprint density at radius 2 is 2.00 bits per heavy atom. The summed E-state index contributed by atoms with van der Waals surface area (Å²) in [6, 6.07) is 1.66. The molecule has 1 N–H and O–H groups in total. The summed E-state index contributed by atoms with van der Waals surface area (Å²) < 4.78 is 0. The van der Waals surface area contributed by atoms with Crippen LogP contribution in [0.1, 0.15) is 72.1 Å². The predicted molar refractivity (Wildman–Crippen MR) is 81.1 cm³/mol. The van der Waals surface area contributed by atoms with Crippen molar-refractivity contribution in [3.8, 4) is 0 Å². The maximum atomic E-state index is 3.51. The number of rotatable bonds is 9. The van der Waals surface area contributed by atoms with Crippen LogP contribution in [0.3, 0.4) is 0 Å². The summed E-state index contributed by atoms with van der Waals surface area (Å²) in [5.41, 5.74) is 0. The van der Waals surface area contributed by atoms with Crippen LogP contribution < -0.4 is 5.32 Å². The molecule has 0 radical (unpaired) electrons. The minimum Gasteiger partial charge on any atom is -0.317 e. The number of likely N-dealkylation sites (tertiary alicyclic amines) is 1. The molecule has 0 aromatic rings. The molecule has 0 aromatic carbocycles. The highest BCUT2D eigenvalue weighted by Crippen LogP contribution is 2.24. The van der Waals surface area contributed by atoms with Crippen LogP contribution in [0.15, 0.2) is 0 Å². The van der Waals surface area contributed by atoms with Crippen molar-refractivity contribution in [1.29, 1.82) is 0 Å². The minimum absolute atomic E-state index is 0.783. The van der Waals surface area contributed by atoms with Gasteiger partial charge in [0.1, 0.15) is 0 Å². The zero-order chi connectivity index (χ0) is 13.2. The zero-order valence-electron chi connectivity index (χ0n) is 12.9. The fraction of sp³-hybridized carbons (Fsp3) is 1.00. The summed E-state index contributed by atoms with van der Waals surface area (Å²) in [7, 11) is 0. The molecule has 2 heteroatoms. The highest BCUT2D eigenvalue weighted by molar-refractivity contribution is 4.80. The van der Waals surface area contributed by atoms with Gasteiger partial charge in [-0.25, -0.2) is 0 Å². The molecule has 1 saturated heterocycles. The van der Waals surface area contributed by atoms with Crippen molar-refractivity contribution in [2.45, 2.75) is 84.2 Å². The van der Waals surface area contributed by atoms with Crippen molar-refractivity contribution in [3.63, 3.8) is 0 Å². The highest BCUT2D eigenvalue weighted by atomic mass is 15.2. The summed E-state index contributed by atoms with van der Waals surface area (Å²) in [4.78, 5) is 2.80. The molecule has 108 valence electrons. The molecule has 2 nitrogen and oxygen atoms in total. The Bertz CT molecular complexity index is 192. The topological polar surface area (TPSA) is 15.3 Å². The maximum absolute atomic E-state index is 3.51. The smallest absolute Gasteiger partial charge is 0.00979 e. The van der Waals surface area contributed by atoms with Gasteiger partial charge in [0.05, 0.1) is 0 Å². The summed E-state index contributed by atoms with van der Waals surface area (Å²) in [5.74, 6) is 0. The summed E-state index contributed by atoms with van der Waals surface area (Å²) in [6.07, 6.45) is 11.0. The molecular weight excluding hydrogens is 220 g/mol. The molecule has 1 aliphatic rings. The molecule has 18 heavy (non-hydrogen) atoms. The Labute approximate surface area is 115 Å². The molecule has 1 rings (SSSR count). The van der Waals surface area contributed by atoms with Crippen molar-refractivity contribution in [1.82, 2.24) is 10.2 Å². The number of nitrogens with one attached hydrogen (secondary N) is 1. The van der Waals surface area contributed by atoms with Gasteiger partial charge in [-0.2, -0.15) is 0 Å². The molecular formula is C16H34N2. The first-order valence-corrected chi connectivity index (χ1v) is 8.26. The largest absolute Gasteiger partial charge is 0.317 e.